The molecule has 1 aromatic carbocycles. The fourth-order valence-corrected chi connectivity index (χ4v) is 2.87. The Morgan fingerprint density at radius 3 is 2.95 bits per heavy atom. The van der Waals surface area contributed by atoms with Crippen molar-refractivity contribution in [2.45, 2.75) is 13.3 Å². The average molecular weight is 305 g/mol. The number of hydrogen-bond donors (Lipinski definition) is 0. The maximum absolute atomic E-state index is 11.5. The molecule has 0 N–H and O–H groups in total. The topological polar surface area (TPSA) is 57.7 Å². The third-order valence-corrected chi connectivity index (χ3v) is 3.91. The summed E-state index contributed by atoms with van der Waals surface area (Å²) < 4.78 is 16.0. The zero-order valence-corrected chi connectivity index (χ0v) is 12.4. The lowest BCUT2D eigenvalue weighted by molar-refractivity contribution is -0.142. The third kappa shape index (κ3) is 3.16. The molecule has 0 saturated heterocycles. The van der Waals surface area contributed by atoms with Crippen molar-refractivity contribution >= 4 is 17.3 Å². The molecule has 0 amide bonds. The van der Waals surface area contributed by atoms with Crippen molar-refractivity contribution in [2.24, 2.45) is 0 Å². The second kappa shape index (κ2) is 6.13. The highest BCUT2D eigenvalue weighted by Crippen LogP contribution is 2.35. The Balaban J connectivity index is 1.78. The monoisotopic (exact) mass is 305 g/mol. The number of ether oxygens (including phenoxy) is 3. The van der Waals surface area contributed by atoms with Crippen LogP contribution in [0.15, 0.2) is 23.6 Å². The Labute approximate surface area is 126 Å². The first kappa shape index (κ1) is 13.9. The van der Waals surface area contributed by atoms with Gasteiger partial charge in [-0.15, -0.1) is 11.3 Å². The van der Waals surface area contributed by atoms with E-state index in [0.29, 0.717) is 19.8 Å². The number of thiazole rings is 1. The molecule has 1 aliphatic heterocycles. The highest BCUT2D eigenvalue weighted by Gasteiger charge is 2.14. The Hall–Kier alpha value is -2.08. The molecule has 6 heteroatoms. The van der Waals surface area contributed by atoms with Crippen molar-refractivity contribution in [2.75, 3.05) is 19.8 Å². The summed E-state index contributed by atoms with van der Waals surface area (Å²) in [7, 11) is 0. The summed E-state index contributed by atoms with van der Waals surface area (Å²) in [6.07, 6.45) is 0.203. The maximum Gasteiger partial charge on any atom is 0.311 e. The molecule has 0 spiro atoms. The number of nitrogens with zero attached hydrogens (tertiary/aromatic N) is 1. The molecule has 1 aromatic heterocycles. The van der Waals surface area contributed by atoms with Gasteiger partial charge in [0.05, 0.1) is 18.7 Å². The second-order valence-corrected chi connectivity index (χ2v) is 5.34. The van der Waals surface area contributed by atoms with Gasteiger partial charge >= 0.3 is 5.97 Å². The van der Waals surface area contributed by atoms with Crippen LogP contribution in [0, 0.1) is 0 Å². The first-order valence-electron chi connectivity index (χ1n) is 6.76. The highest BCUT2D eigenvalue weighted by atomic mass is 32.1. The summed E-state index contributed by atoms with van der Waals surface area (Å²) in [5, 5.41) is 2.73. The van der Waals surface area contributed by atoms with Crippen molar-refractivity contribution in [3.8, 4) is 22.1 Å². The summed E-state index contributed by atoms with van der Waals surface area (Å²) in [4.78, 5) is 15.9. The van der Waals surface area contributed by atoms with Crippen LogP contribution in [-0.4, -0.2) is 30.8 Å². The van der Waals surface area contributed by atoms with E-state index < -0.39 is 0 Å². The average Bonchev–Trinajstić information content (AvgIpc) is 2.95. The lowest BCUT2D eigenvalue weighted by Crippen LogP contribution is -2.15. The molecule has 0 aliphatic carbocycles. The van der Waals surface area contributed by atoms with Gasteiger partial charge in [0.1, 0.15) is 18.2 Å². The van der Waals surface area contributed by atoms with Gasteiger partial charge in [0, 0.05) is 10.9 Å². The van der Waals surface area contributed by atoms with Crippen LogP contribution in [0.25, 0.3) is 10.6 Å². The summed E-state index contributed by atoms with van der Waals surface area (Å²) in [5.74, 6) is 1.24. The number of carbonyl (C=O) groups excluding carboxylic acids is 1. The van der Waals surface area contributed by atoms with Crippen LogP contribution in [-0.2, 0) is 16.0 Å². The normalized spacial score (nSPS) is 13.0. The highest BCUT2D eigenvalue weighted by molar-refractivity contribution is 7.13. The molecular formula is C15H15NO4S. The smallest absolute Gasteiger partial charge is 0.311 e. The van der Waals surface area contributed by atoms with Crippen molar-refractivity contribution < 1.29 is 19.0 Å². The summed E-state index contributed by atoms with van der Waals surface area (Å²) in [6.45, 7) is 3.31. The van der Waals surface area contributed by atoms with Gasteiger partial charge in [-0.2, -0.15) is 0 Å². The van der Waals surface area contributed by atoms with E-state index in [9.17, 15) is 4.79 Å². The number of rotatable bonds is 4. The molecule has 0 unspecified atom stereocenters. The molecule has 2 heterocycles. The van der Waals surface area contributed by atoms with Gasteiger partial charge in [-0.3, -0.25) is 4.79 Å². The lowest BCUT2D eigenvalue weighted by atomic mass is 10.2. The van der Waals surface area contributed by atoms with E-state index in [1.165, 1.54) is 11.3 Å². The summed E-state index contributed by atoms with van der Waals surface area (Å²) >= 11 is 1.50. The number of hydrogen-bond acceptors (Lipinski definition) is 6. The standard InChI is InChI=1S/C15H15NO4S/c1-2-18-14(17)8-11-9-21-15(16-11)10-3-4-12-13(7-10)20-6-5-19-12/h3-4,7,9H,2,5-6,8H2,1H3. The molecule has 21 heavy (non-hydrogen) atoms. The zero-order valence-electron chi connectivity index (χ0n) is 11.6. The number of carbonyl (C=O) groups is 1. The SMILES string of the molecule is CCOC(=O)Cc1csc(-c2ccc3c(c2)OCCO3)n1. The fourth-order valence-electron chi connectivity index (χ4n) is 2.06. The van der Waals surface area contributed by atoms with Gasteiger partial charge < -0.3 is 14.2 Å². The third-order valence-electron chi connectivity index (χ3n) is 2.97. The predicted octanol–water partition coefficient (Wildman–Crippen LogP) is 2.69. The minimum atomic E-state index is -0.253. The lowest BCUT2D eigenvalue weighted by Gasteiger charge is -2.18. The molecule has 0 atom stereocenters. The van der Waals surface area contributed by atoms with Crippen LogP contribution < -0.4 is 9.47 Å². The van der Waals surface area contributed by atoms with E-state index in [-0.39, 0.29) is 12.4 Å². The molecule has 2 aromatic rings. The number of fused-ring (bicyclic) bond motifs is 1. The van der Waals surface area contributed by atoms with Crippen LogP contribution in [0.1, 0.15) is 12.6 Å². The first-order valence-corrected chi connectivity index (χ1v) is 7.64. The summed E-state index contributed by atoms with van der Waals surface area (Å²) in [5.41, 5.74) is 1.68. The van der Waals surface area contributed by atoms with Gasteiger partial charge in [-0.1, -0.05) is 0 Å². The van der Waals surface area contributed by atoms with Crippen molar-refractivity contribution in [1.82, 2.24) is 4.98 Å². The van der Waals surface area contributed by atoms with Gasteiger partial charge in [0.2, 0.25) is 0 Å². The van der Waals surface area contributed by atoms with E-state index in [1.807, 2.05) is 23.6 Å². The van der Waals surface area contributed by atoms with Gasteiger partial charge in [-0.05, 0) is 25.1 Å². The van der Waals surface area contributed by atoms with Crippen molar-refractivity contribution in [3.05, 3.63) is 29.3 Å². The summed E-state index contributed by atoms with van der Waals surface area (Å²) in [6, 6.07) is 5.75. The molecular weight excluding hydrogens is 290 g/mol. The van der Waals surface area contributed by atoms with Gasteiger partial charge in [0.25, 0.3) is 0 Å². The van der Waals surface area contributed by atoms with E-state index in [1.54, 1.807) is 6.92 Å². The largest absolute Gasteiger partial charge is 0.486 e. The van der Waals surface area contributed by atoms with E-state index in [0.717, 1.165) is 27.8 Å². The first-order chi connectivity index (χ1) is 10.3. The number of aromatic nitrogens is 1. The van der Waals surface area contributed by atoms with Crippen LogP contribution in [0.4, 0.5) is 0 Å². The van der Waals surface area contributed by atoms with Crippen LogP contribution in [0.2, 0.25) is 0 Å². The molecule has 0 saturated carbocycles. The fraction of sp³-hybridized carbons (Fsp3) is 0.333. The zero-order chi connectivity index (χ0) is 14.7. The molecule has 0 radical (unpaired) electrons. The van der Waals surface area contributed by atoms with E-state index in [4.69, 9.17) is 14.2 Å². The Kier molecular flexibility index (Phi) is 4.06. The quantitative estimate of drug-likeness (QED) is 0.813. The predicted molar refractivity (Wildman–Crippen MR) is 78.9 cm³/mol. The van der Waals surface area contributed by atoms with Crippen LogP contribution in [0.5, 0.6) is 11.5 Å². The van der Waals surface area contributed by atoms with Crippen LogP contribution in [0.3, 0.4) is 0 Å². The number of esters is 1. The molecule has 0 fully saturated rings. The van der Waals surface area contributed by atoms with E-state index >= 15 is 0 Å². The molecule has 3 rings (SSSR count). The Bertz CT molecular complexity index is 653. The van der Waals surface area contributed by atoms with E-state index in [2.05, 4.69) is 4.98 Å². The minimum Gasteiger partial charge on any atom is -0.486 e. The number of benzene rings is 1. The maximum atomic E-state index is 11.5. The Morgan fingerprint density at radius 2 is 2.14 bits per heavy atom. The molecule has 0 bridgehead atoms. The van der Waals surface area contributed by atoms with Crippen molar-refractivity contribution in [3.63, 3.8) is 0 Å². The molecule has 1 aliphatic rings. The second-order valence-electron chi connectivity index (χ2n) is 4.48. The van der Waals surface area contributed by atoms with Crippen molar-refractivity contribution in [1.29, 1.82) is 0 Å². The van der Waals surface area contributed by atoms with Crippen LogP contribution >= 0.6 is 11.3 Å². The minimum absolute atomic E-state index is 0.203. The Morgan fingerprint density at radius 1 is 1.33 bits per heavy atom. The molecule has 5 nitrogen and oxygen atoms in total. The van der Waals surface area contributed by atoms with Gasteiger partial charge in [-0.25, -0.2) is 4.98 Å². The van der Waals surface area contributed by atoms with Gasteiger partial charge in [0.15, 0.2) is 11.5 Å². The molecule has 110 valence electrons.